The number of hydrogen-bond acceptors (Lipinski definition) is 4. The zero-order valence-corrected chi connectivity index (χ0v) is 12.2. The van der Waals surface area contributed by atoms with Crippen LogP contribution in [0.3, 0.4) is 0 Å². The van der Waals surface area contributed by atoms with Crippen molar-refractivity contribution >= 4 is 5.69 Å². The lowest BCUT2D eigenvalue weighted by molar-refractivity contribution is -0.385. The zero-order valence-electron chi connectivity index (χ0n) is 12.2. The summed E-state index contributed by atoms with van der Waals surface area (Å²) in [4.78, 5) is 12.9. The lowest BCUT2D eigenvalue weighted by Gasteiger charge is -2.40. The van der Waals surface area contributed by atoms with Crippen molar-refractivity contribution in [1.29, 1.82) is 0 Å². The molecule has 110 valence electrons. The van der Waals surface area contributed by atoms with Crippen LogP contribution >= 0.6 is 0 Å². The van der Waals surface area contributed by atoms with E-state index in [4.69, 9.17) is 5.73 Å². The molecule has 20 heavy (non-hydrogen) atoms. The molecule has 1 aliphatic rings. The highest BCUT2D eigenvalue weighted by Crippen LogP contribution is 2.30. The summed E-state index contributed by atoms with van der Waals surface area (Å²) in [6.07, 6.45) is 1.24. The largest absolute Gasteiger partial charge is 0.329 e. The lowest BCUT2D eigenvalue weighted by Crippen LogP contribution is -2.43. The van der Waals surface area contributed by atoms with E-state index in [0.29, 0.717) is 18.4 Å². The van der Waals surface area contributed by atoms with Crippen molar-refractivity contribution in [3.8, 4) is 0 Å². The molecule has 2 N–H and O–H groups in total. The minimum absolute atomic E-state index is 0.0695. The van der Waals surface area contributed by atoms with Gasteiger partial charge in [-0.2, -0.15) is 0 Å². The Hall–Kier alpha value is -1.46. The number of rotatable bonds is 4. The topological polar surface area (TPSA) is 72.4 Å². The van der Waals surface area contributed by atoms with Crippen molar-refractivity contribution in [1.82, 2.24) is 4.90 Å². The molecule has 0 bridgehead atoms. The van der Waals surface area contributed by atoms with Crippen molar-refractivity contribution in [2.45, 2.75) is 26.3 Å². The monoisotopic (exact) mass is 277 g/mol. The van der Waals surface area contributed by atoms with Gasteiger partial charge in [-0.25, -0.2) is 0 Å². The first-order valence-corrected chi connectivity index (χ1v) is 7.19. The molecule has 0 saturated carbocycles. The van der Waals surface area contributed by atoms with Crippen LogP contribution in [0, 0.1) is 22.0 Å². The highest BCUT2D eigenvalue weighted by Gasteiger charge is 2.28. The standard InChI is InChI=1S/C15H23N3O2/c1-11-6-12(2)10-17(9-11)15(8-16)13-4-3-5-14(7-13)18(19)20/h3-5,7,11-12,15H,6,8-10,16H2,1-2H3. The van der Waals surface area contributed by atoms with E-state index in [9.17, 15) is 10.1 Å². The van der Waals surface area contributed by atoms with Crippen molar-refractivity contribution in [2.75, 3.05) is 19.6 Å². The Labute approximate surface area is 119 Å². The van der Waals surface area contributed by atoms with E-state index in [0.717, 1.165) is 18.7 Å². The maximum Gasteiger partial charge on any atom is 0.269 e. The van der Waals surface area contributed by atoms with Crippen molar-refractivity contribution < 1.29 is 4.92 Å². The van der Waals surface area contributed by atoms with Crippen LogP contribution in [0.1, 0.15) is 31.9 Å². The van der Waals surface area contributed by atoms with Gasteiger partial charge < -0.3 is 5.73 Å². The van der Waals surface area contributed by atoms with E-state index in [-0.39, 0.29) is 16.7 Å². The van der Waals surface area contributed by atoms with Crippen LogP contribution in [-0.2, 0) is 0 Å². The fraction of sp³-hybridized carbons (Fsp3) is 0.600. The van der Waals surface area contributed by atoms with Gasteiger partial charge in [0, 0.05) is 37.8 Å². The minimum Gasteiger partial charge on any atom is -0.329 e. The lowest BCUT2D eigenvalue weighted by atomic mass is 9.89. The minimum atomic E-state index is -0.349. The van der Waals surface area contributed by atoms with Gasteiger partial charge in [0.05, 0.1) is 4.92 Å². The molecule has 0 aliphatic carbocycles. The molecule has 1 heterocycles. The predicted octanol–water partition coefficient (Wildman–Crippen LogP) is 2.57. The van der Waals surface area contributed by atoms with Gasteiger partial charge in [0.15, 0.2) is 0 Å². The first kappa shape index (κ1) is 14.9. The van der Waals surface area contributed by atoms with Crippen LogP contribution in [0.2, 0.25) is 0 Å². The maximum atomic E-state index is 10.9. The molecule has 1 aromatic rings. The average molecular weight is 277 g/mol. The van der Waals surface area contributed by atoms with Crippen molar-refractivity contribution in [2.24, 2.45) is 17.6 Å². The van der Waals surface area contributed by atoms with Crippen LogP contribution in [0.5, 0.6) is 0 Å². The SMILES string of the molecule is CC1CC(C)CN(C(CN)c2cccc([N+](=O)[O-])c2)C1. The van der Waals surface area contributed by atoms with Gasteiger partial charge in [0.25, 0.3) is 5.69 Å². The molecule has 1 saturated heterocycles. The van der Waals surface area contributed by atoms with Crippen LogP contribution in [0.25, 0.3) is 0 Å². The summed E-state index contributed by atoms with van der Waals surface area (Å²) in [6.45, 7) is 7.01. The molecule has 3 atom stereocenters. The number of likely N-dealkylation sites (tertiary alicyclic amines) is 1. The Kier molecular flexibility index (Phi) is 4.73. The highest BCUT2D eigenvalue weighted by atomic mass is 16.6. The number of nitrogens with zero attached hydrogens (tertiary/aromatic N) is 2. The normalized spacial score (nSPS) is 25.4. The summed E-state index contributed by atoms with van der Waals surface area (Å²) in [6, 6.07) is 6.93. The molecule has 1 aliphatic heterocycles. The number of non-ortho nitro benzene ring substituents is 1. The highest BCUT2D eigenvalue weighted by molar-refractivity contribution is 5.36. The molecule has 0 spiro atoms. The summed E-state index contributed by atoms with van der Waals surface area (Å²) in [5.74, 6) is 1.29. The Morgan fingerprint density at radius 3 is 2.60 bits per heavy atom. The molecular formula is C15H23N3O2. The summed E-state index contributed by atoms with van der Waals surface area (Å²) >= 11 is 0. The molecule has 1 fully saturated rings. The Morgan fingerprint density at radius 2 is 2.05 bits per heavy atom. The molecular weight excluding hydrogens is 254 g/mol. The molecule has 0 amide bonds. The molecule has 0 radical (unpaired) electrons. The molecule has 0 aromatic heterocycles. The first-order valence-electron chi connectivity index (χ1n) is 7.19. The van der Waals surface area contributed by atoms with Crippen LogP contribution in [0.4, 0.5) is 5.69 Å². The number of nitro groups is 1. The smallest absolute Gasteiger partial charge is 0.269 e. The summed E-state index contributed by atoms with van der Waals surface area (Å²) in [5, 5.41) is 10.9. The molecule has 1 aromatic carbocycles. The zero-order chi connectivity index (χ0) is 14.7. The average Bonchev–Trinajstić information content (AvgIpc) is 2.39. The second-order valence-electron chi connectivity index (χ2n) is 6.00. The van der Waals surface area contributed by atoms with Crippen LogP contribution in [-0.4, -0.2) is 29.5 Å². The Morgan fingerprint density at radius 1 is 1.40 bits per heavy atom. The third kappa shape index (κ3) is 3.35. The van der Waals surface area contributed by atoms with Gasteiger partial charge in [-0.1, -0.05) is 26.0 Å². The molecule has 5 heteroatoms. The fourth-order valence-electron chi connectivity index (χ4n) is 3.31. The van der Waals surface area contributed by atoms with Gasteiger partial charge in [0.1, 0.15) is 0 Å². The third-order valence-corrected chi connectivity index (χ3v) is 4.03. The number of benzene rings is 1. The fourth-order valence-corrected chi connectivity index (χ4v) is 3.31. The van der Waals surface area contributed by atoms with E-state index in [1.165, 1.54) is 12.5 Å². The summed E-state index contributed by atoms with van der Waals surface area (Å²) in [5.41, 5.74) is 7.03. The maximum absolute atomic E-state index is 10.9. The second kappa shape index (κ2) is 6.33. The summed E-state index contributed by atoms with van der Waals surface area (Å²) < 4.78 is 0. The van der Waals surface area contributed by atoms with Crippen LogP contribution < -0.4 is 5.73 Å². The summed E-state index contributed by atoms with van der Waals surface area (Å²) in [7, 11) is 0. The quantitative estimate of drug-likeness (QED) is 0.678. The van der Waals surface area contributed by atoms with Gasteiger partial charge >= 0.3 is 0 Å². The van der Waals surface area contributed by atoms with E-state index in [1.54, 1.807) is 12.1 Å². The number of hydrogen-bond donors (Lipinski definition) is 1. The van der Waals surface area contributed by atoms with Crippen molar-refractivity contribution in [3.05, 3.63) is 39.9 Å². The Balaban J connectivity index is 2.23. The second-order valence-corrected chi connectivity index (χ2v) is 6.00. The van der Waals surface area contributed by atoms with E-state index < -0.39 is 0 Å². The number of nitro benzene ring substituents is 1. The molecule has 2 rings (SSSR count). The van der Waals surface area contributed by atoms with Gasteiger partial charge in [-0.05, 0) is 23.8 Å². The van der Waals surface area contributed by atoms with Gasteiger partial charge in [-0.3, -0.25) is 15.0 Å². The van der Waals surface area contributed by atoms with Crippen molar-refractivity contribution in [3.63, 3.8) is 0 Å². The van der Waals surface area contributed by atoms with E-state index >= 15 is 0 Å². The number of nitrogens with two attached hydrogens (primary N) is 1. The molecule has 5 nitrogen and oxygen atoms in total. The predicted molar refractivity (Wildman–Crippen MR) is 79.4 cm³/mol. The Bertz CT molecular complexity index is 468. The van der Waals surface area contributed by atoms with Gasteiger partial charge in [0.2, 0.25) is 0 Å². The van der Waals surface area contributed by atoms with E-state index in [2.05, 4.69) is 18.7 Å². The van der Waals surface area contributed by atoms with Gasteiger partial charge in [-0.15, -0.1) is 0 Å². The third-order valence-electron chi connectivity index (χ3n) is 4.03. The number of piperidine rings is 1. The van der Waals surface area contributed by atoms with E-state index in [1.807, 2.05) is 6.07 Å². The molecule has 3 unspecified atom stereocenters. The van der Waals surface area contributed by atoms with Crippen LogP contribution in [0.15, 0.2) is 24.3 Å². The first-order chi connectivity index (χ1) is 9.51.